The highest BCUT2D eigenvalue weighted by atomic mass is 16.6. The van der Waals surface area contributed by atoms with Crippen LogP contribution in [-0.2, 0) is 9.53 Å². The summed E-state index contributed by atoms with van der Waals surface area (Å²) in [4.78, 5) is 21.5. The summed E-state index contributed by atoms with van der Waals surface area (Å²) in [6, 6.07) is 9.76. The number of methoxy groups -OCH3 is 1. The van der Waals surface area contributed by atoms with Crippen LogP contribution in [0.15, 0.2) is 42.5 Å². The van der Waals surface area contributed by atoms with Crippen LogP contribution in [0.2, 0.25) is 0 Å². The highest BCUT2D eigenvalue weighted by molar-refractivity contribution is 5.71. The fourth-order valence-corrected chi connectivity index (χ4v) is 1.70. The number of aromatic hydroxyl groups is 1. The van der Waals surface area contributed by atoms with Gasteiger partial charge in [0, 0.05) is 12.1 Å². The number of nitro groups is 1. The Morgan fingerprint density at radius 1 is 1.17 bits per heavy atom. The molecule has 23 heavy (non-hydrogen) atoms. The minimum atomic E-state index is -0.632. The van der Waals surface area contributed by atoms with Gasteiger partial charge >= 0.3 is 11.7 Å². The first-order chi connectivity index (χ1) is 11.0. The molecule has 0 spiro atoms. The van der Waals surface area contributed by atoms with Gasteiger partial charge in [-0.3, -0.25) is 10.1 Å². The fraction of sp³-hybridized carbons (Fsp3) is 0.133. The number of hydrogen-bond acceptors (Lipinski definition) is 7. The Kier molecular flexibility index (Phi) is 4.98. The van der Waals surface area contributed by atoms with Gasteiger partial charge in [-0.25, -0.2) is 4.79 Å². The molecule has 120 valence electrons. The van der Waals surface area contributed by atoms with Gasteiger partial charge in [0.05, 0.1) is 12.0 Å². The van der Waals surface area contributed by atoms with E-state index in [1.54, 1.807) is 12.1 Å². The van der Waals surface area contributed by atoms with Crippen LogP contribution in [0.3, 0.4) is 0 Å². The monoisotopic (exact) mass is 319 g/mol. The maximum absolute atomic E-state index is 11.1. The first-order valence-corrected chi connectivity index (χ1v) is 6.45. The van der Waals surface area contributed by atoms with Crippen molar-refractivity contribution >= 4 is 11.7 Å². The summed E-state index contributed by atoms with van der Waals surface area (Å²) in [6.07, 6.45) is 0. The molecule has 0 aliphatic rings. The van der Waals surface area contributed by atoms with Crippen LogP contribution in [0.5, 0.6) is 23.0 Å². The normalized spacial score (nSPS) is 9.96. The average Bonchev–Trinajstić information content (AvgIpc) is 2.53. The van der Waals surface area contributed by atoms with E-state index in [1.807, 2.05) is 0 Å². The molecule has 8 nitrogen and oxygen atoms in total. The fourth-order valence-electron chi connectivity index (χ4n) is 1.70. The number of ether oxygens (including phenoxy) is 3. The number of para-hydroxylation sites is 2. The SMILES string of the molecule is COC(=O)COc1ccccc1Oc1cc(O)ccc1[N+](=O)[O-]. The summed E-state index contributed by atoms with van der Waals surface area (Å²) in [5.74, 6) is -0.550. The first kappa shape index (κ1) is 16.1. The van der Waals surface area contributed by atoms with Gasteiger partial charge in [0.25, 0.3) is 0 Å². The molecular weight excluding hydrogens is 306 g/mol. The third-order valence-corrected chi connectivity index (χ3v) is 2.78. The summed E-state index contributed by atoms with van der Waals surface area (Å²) in [6.45, 7) is -0.334. The summed E-state index contributed by atoms with van der Waals surface area (Å²) in [5.41, 5.74) is -0.314. The van der Waals surface area contributed by atoms with Gasteiger partial charge in [-0.05, 0) is 18.2 Å². The van der Waals surface area contributed by atoms with E-state index in [4.69, 9.17) is 9.47 Å². The number of carbonyl (C=O) groups is 1. The van der Waals surface area contributed by atoms with Crippen molar-refractivity contribution in [2.45, 2.75) is 0 Å². The number of nitro benzene ring substituents is 1. The zero-order chi connectivity index (χ0) is 16.8. The van der Waals surface area contributed by atoms with Crippen LogP contribution in [0, 0.1) is 10.1 Å². The van der Waals surface area contributed by atoms with E-state index in [-0.39, 0.29) is 35.3 Å². The predicted octanol–water partition coefficient (Wildman–Crippen LogP) is 2.64. The molecule has 0 aliphatic carbocycles. The van der Waals surface area contributed by atoms with E-state index in [2.05, 4.69) is 4.74 Å². The highest BCUT2D eigenvalue weighted by Crippen LogP contribution is 2.37. The molecule has 0 unspecified atom stereocenters. The minimum absolute atomic E-state index is 0.149. The van der Waals surface area contributed by atoms with Crippen molar-refractivity contribution in [2.75, 3.05) is 13.7 Å². The molecule has 0 aliphatic heterocycles. The van der Waals surface area contributed by atoms with Crippen LogP contribution in [-0.4, -0.2) is 29.7 Å². The third-order valence-electron chi connectivity index (χ3n) is 2.78. The van der Waals surface area contributed by atoms with E-state index < -0.39 is 10.9 Å². The zero-order valence-electron chi connectivity index (χ0n) is 12.1. The van der Waals surface area contributed by atoms with E-state index >= 15 is 0 Å². The van der Waals surface area contributed by atoms with Crippen molar-refractivity contribution in [1.82, 2.24) is 0 Å². The lowest BCUT2D eigenvalue weighted by Gasteiger charge is -2.12. The van der Waals surface area contributed by atoms with Crippen molar-refractivity contribution in [3.8, 4) is 23.0 Å². The van der Waals surface area contributed by atoms with Gasteiger partial charge in [0.15, 0.2) is 18.1 Å². The van der Waals surface area contributed by atoms with Crippen molar-refractivity contribution < 1.29 is 29.0 Å². The Morgan fingerprint density at radius 3 is 2.52 bits per heavy atom. The second kappa shape index (κ2) is 7.12. The quantitative estimate of drug-likeness (QED) is 0.495. The van der Waals surface area contributed by atoms with Gasteiger partial charge < -0.3 is 19.3 Å². The van der Waals surface area contributed by atoms with Crippen LogP contribution in [0.25, 0.3) is 0 Å². The number of carbonyl (C=O) groups excluding carboxylic acids is 1. The van der Waals surface area contributed by atoms with Crippen molar-refractivity contribution in [3.63, 3.8) is 0 Å². The molecule has 2 aromatic rings. The van der Waals surface area contributed by atoms with Crippen LogP contribution in [0.1, 0.15) is 0 Å². The molecule has 8 heteroatoms. The number of hydrogen-bond donors (Lipinski definition) is 1. The molecule has 0 saturated heterocycles. The van der Waals surface area contributed by atoms with Gasteiger partial charge in [-0.1, -0.05) is 12.1 Å². The molecule has 0 aromatic heterocycles. The first-order valence-electron chi connectivity index (χ1n) is 6.45. The van der Waals surface area contributed by atoms with E-state index in [0.717, 1.165) is 12.1 Å². The van der Waals surface area contributed by atoms with Crippen molar-refractivity contribution in [2.24, 2.45) is 0 Å². The lowest BCUT2D eigenvalue weighted by molar-refractivity contribution is -0.385. The molecule has 0 radical (unpaired) electrons. The smallest absolute Gasteiger partial charge is 0.343 e. The summed E-state index contributed by atoms with van der Waals surface area (Å²) >= 11 is 0. The van der Waals surface area contributed by atoms with Crippen LogP contribution in [0.4, 0.5) is 5.69 Å². The molecule has 0 amide bonds. The molecule has 1 N–H and O–H groups in total. The Bertz CT molecular complexity index is 730. The highest BCUT2D eigenvalue weighted by Gasteiger charge is 2.18. The standard InChI is InChI=1S/C15H13NO7/c1-21-15(18)9-22-12-4-2-3-5-13(12)23-14-8-10(17)6-7-11(14)16(19)20/h2-8,17H,9H2,1H3. The summed E-state index contributed by atoms with van der Waals surface area (Å²) in [7, 11) is 1.23. The van der Waals surface area contributed by atoms with E-state index in [1.165, 1.54) is 25.3 Å². The number of phenols is 1. The Morgan fingerprint density at radius 2 is 1.87 bits per heavy atom. The molecule has 0 fully saturated rings. The number of rotatable bonds is 6. The number of esters is 1. The molecule has 0 saturated carbocycles. The topological polar surface area (TPSA) is 108 Å². The number of benzene rings is 2. The lowest BCUT2D eigenvalue weighted by Crippen LogP contribution is -2.12. The van der Waals surface area contributed by atoms with Gasteiger partial charge in [-0.2, -0.15) is 0 Å². The third kappa shape index (κ3) is 4.10. The molecule has 2 rings (SSSR count). The molecule has 0 atom stereocenters. The Balaban J connectivity index is 2.28. The number of phenolic OH excluding ortho intramolecular Hbond substituents is 1. The molecule has 2 aromatic carbocycles. The van der Waals surface area contributed by atoms with Gasteiger partial charge in [0.2, 0.25) is 5.75 Å². The van der Waals surface area contributed by atoms with Gasteiger partial charge in [0.1, 0.15) is 5.75 Å². The van der Waals surface area contributed by atoms with Crippen molar-refractivity contribution in [3.05, 3.63) is 52.6 Å². The van der Waals surface area contributed by atoms with Gasteiger partial charge in [-0.15, -0.1) is 0 Å². The number of nitrogens with zero attached hydrogens (tertiary/aromatic N) is 1. The second-order valence-corrected chi connectivity index (χ2v) is 4.32. The maximum Gasteiger partial charge on any atom is 0.343 e. The summed E-state index contributed by atoms with van der Waals surface area (Å²) < 4.78 is 15.2. The molecular formula is C15H13NO7. The second-order valence-electron chi connectivity index (χ2n) is 4.32. The van der Waals surface area contributed by atoms with Crippen LogP contribution < -0.4 is 9.47 Å². The van der Waals surface area contributed by atoms with E-state index in [0.29, 0.717) is 0 Å². The van der Waals surface area contributed by atoms with Crippen molar-refractivity contribution in [1.29, 1.82) is 0 Å². The zero-order valence-corrected chi connectivity index (χ0v) is 12.1. The maximum atomic E-state index is 11.1. The minimum Gasteiger partial charge on any atom is -0.508 e. The largest absolute Gasteiger partial charge is 0.508 e. The Hall–Kier alpha value is -3.29. The van der Waals surface area contributed by atoms with Crippen LogP contribution >= 0.6 is 0 Å². The summed E-state index contributed by atoms with van der Waals surface area (Å²) in [5, 5.41) is 20.5. The lowest BCUT2D eigenvalue weighted by atomic mass is 10.2. The average molecular weight is 319 g/mol. The molecule has 0 heterocycles. The molecule has 0 bridgehead atoms. The Labute approximate surface area is 131 Å². The van der Waals surface area contributed by atoms with E-state index in [9.17, 15) is 20.0 Å². The predicted molar refractivity (Wildman–Crippen MR) is 78.8 cm³/mol.